The first-order chi connectivity index (χ1) is 9.13. The van der Waals surface area contributed by atoms with Crippen LogP contribution in [0.15, 0.2) is 36.4 Å². The van der Waals surface area contributed by atoms with Crippen LogP contribution in [-0.2, 0) is 5.75 Å². The van der Waals surface area contributed by atoms with Gasteiger partial charge in [0.2, 0.25) is 0 Å². The van der Waals surface area contributed by atoms with Crippen molar-refractivity contribution < 1.29 is 0 Å². The van der Waals surface area contributed by atoms with E-state index >= 15 is 0 Å². The highest BCUT2D eigenvalue weighted by atomic mass is 32.2. The topological polar surface area (TPSA) is 12.0 Å². The van der Waals surface area contributed by atoms with E-state index in [1.54, 1.807) is 0 Å². The fraction of sp³-hybridized carbons (Fsp3) is 0.412. The molecule has 0 radical (unpaired) electrons. The third-order valence-corrected chi connectivity index (χ3v) is 5.49. The third kappa shape index (κ3) is 2.17. The second kappa shape index (κ2) is 4.84. The number of nitrogens with one attached hydrogen (secondary N) is 1. The molecule has 1 atom stereocenters. The summed E-state index contributed by atoms with van der Waals surface area (Å²) >= 11 is 2.06. The van der Waals surface area contributed by atoms with Gasteiger partial charge in [-0.3, -0.25) is 0 Å². The molecule has 1 N–H and O–H groups in total. The van der Waals surface area contributed by atoms with E-state index in [0.29, 0.717) is 6.04 Å². The molecular formula is C17H21NS. The molecule has 0 amide bonds. The van der Waals surface area contributed by atoms with E-state index in [1.165, 1.54) is 21.9 Å². The van der Waals surface area contributed by atoms with Crippen molar-refractivity contribution in [3.63, 3.8) is 0 Å². The van der Waals surface area contributed by atoms with Gasteiger partial charge in [0.1, 0.15) is 0 Å². The fourth-order valence-corrected chi connectivity index (χ4v) is 4.28. The highest BCUT2D eigenvalue weighted by molar-refractivity contribution is 8.00. The van der Waals surface area contributed by atoms with Crippen LogP contribution in [0.1, 0.15) is 37.9 Å². The molecule has 0 bridgehead atoms. The minimum atomic E-state index is 0.255. The van der Waals surface area contributed by atoms with Crippen LogP contribution in [0.5, 0.6) is 0 Å². The molecule has 1 heterocycles. The molecule has 1 nitrogen and oxygen atoms in total. The average Bonchev–Trinajstić information content (AvgIpc) is 2.41. The van der Waals surface area contributed by atoms with Gasteiger partial charge in [-0.25, -0.2) is 0 Å². The largest absolute Gasteiger partial charge is 0.309 e. The maximum Gasteiger partial charge on any atom is 0.0467 e. The summed E-state index contributed by atoms with van der Waals surface area (Å²) in [6.07, 6.45) is 0. The smallest absolute Gasteiger partial charge is 0.0467 e. The zero-order chi connectivity index (χ0) is 13.5. The Morgan fingerprint density at radius 1 is 1.21 bits per heavy atom. The van der Waals surface area contributed by atoms with Gasteiger partial charge in [-0.05, 0) is 42.3 Å². The lowest BCUT2D eigenvalue weighted by atomic mass is 9.88. The molecule has 3 rings (SSSR count). The van der Waals surface area contributed by atoms with Crippen LogP contribution < -0.4 is 5.32 Å². The molecule has 2 aromatic carbocycles. The molecule has 0 fully saturated rings. The van der Waals surface area contributed by atoms with Gasteiger partial charge in [-0.2, -0.15) is 0 Å². The van der Waals surface area contributed by atoms with E-state index in [0.717, 1.165) is 12.3 Å². The van der Waals surface area contributed by atoms with Crippen molar-refractivity contribution in [3.8, 4) is 0 Å². The number of fused-ring (bicyclic) bond motifs is 3. The first kappa shape index (κ1) is 13.0. The minimum Gasteiger partial charge on any atom is -0.309 e. The van der Waals surface area contributed by atoms with E-state index in [1.807, 2.05) is 0 Å². The summed E-state index contributed by atoms with van der Waals surface area (Å²) in [6.45, 7) is 7.91. The Kier molecular flexibility index (Phi) is 3.32. The number of rotatable bonds is 2. The summed E-state index contributed by atoms with van der Waals surface area (Å²) in [7, 11) is 0. The second-order valence-electron chi connectivity index (χ2n) is 5.74. The van der Waals surface area contributed by atoms with Gasteiger partial charge in [-0.1, -0.05) is 43.3 Å². The number of hydrogen-bond donors (Lipinski definition) is 1. The van der Waals surface area contributed by atoms with Crippen LogP contribution in [0.25, 0.3) is 10.8 Å². The molecule has 1 unspecified atom stereocenters. The average molecular weight is 271 g/mol. The monoisotopic (exact) mass is 271 g/mol. The molecule has 19 heavy (non-hydrogen) atoms. The van der Waals surface area contributed by atoms with E-state index in [2.05, 4.69) is 74.2 Å². The van der Waals surface area contributed by atoms with E-state index < -0.39 is 0 Å². The van der Waals surface area contributed by atoms with Gasteiger partial charge in [0, 0.05) is 16.5 Å². The molecule has 1 aliphatic rings. The first-order valence-electron chi connectivity index (χ1n) is 7.01. The van der Waals surface area contributed by atoms with E-state index in [4.69, 9.17) is 0 Å². The fourth-order valence-electron chi connectivity index (χ4n) is 3.06. The Morgan fingerprint density at radius 2 is 2.00 bits per heavy atom. The van der Waals surface area contributed by atoms with Crippen LogP contribution in [-0.4, -0.2) is 11.3 Å². The highest BCUT2D eigenvalue weighted by Crippen LogP contribution is 2.47. The predicted molar refractivity (Wildman–Crippen MR) is 85.7 cm³/mol. The van der Waals surface area contributed by atoms with Gasteiger partial charge in [0.25, 0.3) is 0 Å². The minimum absolute atomic E-state index is 0.255. The quantitative estimate of drug-likeness (QED) is 0.862. The first-order valence-corrected chi connectivity index (χ1v) is 8.00. The summed E-state index contributed by atoms with van der Waals surface area (Å²) in [6, 6.07) is 13.8. The van der Waals surface area contributed by atoms with Gasteiger partial charge < -0.3 is 5.32 Å². The maximum absolute atomic E-state index is 3.67. The van der Waals surface area contributed by atoms with Gasteiger partial charge in [-0.15, -0.1) is 11.8 Å². The second-order valence-corrected chi connectivity index (χ2v) is 7.37. The van der Waals surface area contributed by atoms with Crippen LogP contribution in [0.2, 0.25) is 0 Å². The SMILES string of the molecule is CCNC1c2ccc3ccccc3c2CSC1(C)C. The van der Waals surface area contributed by atoms with Crippen LogP contribution >= 0.6 is 11.8 Å². The van der Waals surface area contributed by atoms with Crippen LogP contribution in [0.4, 0.5) is 0 Å². The molecule has 2 aromatic rings. The van der Waals surface area contributed by atoms with E-state index in [9.17, 15) is 0 Å². The Labute approximate surface area is 119 Å². The zero-order valence-corrected chi connectivity index (χ0v) is 12.7. The summed E-state index contributed by atoms with van der Waals surface area (Å²) in [5, 5.41) is 6.46. The molecule has 2 heteroatoms. The number of benzene rings is 2. The summed E-state index contributed by atoms with van der Waals surface area (Å²) in [5.41, 5.74) is 3.01. The number of hydrogen-bond acceptors (Lipinski definition) is 2. The van der Waals surface area contributed by atoms with Crippen molar-refractivity contribution in [2.75, 3.05) is 6.54 Å². The molecule has 1 aliphatic heterocycles. The predicted octanol–water partition coefficient (Wildman–Crippen LogP) is 4.52. The van der Waals surface area contributed by atoms with Gasteiger partial charge in [0.05, 0.1) is 0 Å². The van der Waals surface area contributed by atoms with Crippen molar-refractivity contribution in [2.45, 2.75) is 37.3 Å². The van der Waals surface area contributed by atoms with Gasteiger partial charge in [0.15, 0.2) is 0 Å². The van der Waals surface area contributed by atoms with Crippen LogP contribution in [0.3, 0.4) is 0 Å². The summed E-state index contributed by atoms with van der Waals surface area (Å²) in [4.78, 5) is 0. The summed E-state index contributed by atoms with van der Waals surface area (Å²) < 4.78 is 0.255. The van der Waals surface area contributed by atoms with Gasteiger partial charge >= 0.3 is 0 Å². The van der Waals surface area contributed by atoms with E-state index in [-0.39, 0.29) is 4.75 Å². The highest BCUT2D eigenvalue weighted by Gasteiger charge is 2.36. The van der Waals surface area contributed by atoms with Crippen molar-refractivity contribution in [3.05, 3.63) is 47.5 Å². The lowest BCUT2D eigenvalue weighted by Gasteiger charge is -2.40. The van der Waals surface area contributed by atoms with Crippen molar-refractivity contribution >= 4 is 22.5 Å². The zero-order valence-electron chi connectivity index (χ0n) is 11.9. The summed E-state index contributed by atoms with van der Waals surface area (Å²) in [5.74, 6) is 1.12. The molecule has 0 saturated carbocycles. The third-order valence-electron chi connectivity index (χ3n) is 4.08. The van der Waals surface area contributed by atoms with Crippen molar-refractivity contribution in [2.24, 2.45) is 0 Å². The molecule has 0 saturated heterocycles. The molecular weight excluding hydrogens is 250 g/mol. The Hall–Kier alpha value is -0.990. The Balaban J connectivity index is 2.19. The Bertz CT molecular complexity index is 603. The van der Waals surface area contributed by atoms with Crippen molar-refractivity contribution in [1.82, 2.24) is 5.32 Å². The normalized spacial score (nSPS) is 21.3. The lowest BCUT2D eigenvalue weighted by molar-refractivity contribution is 0.450. The molecule has 0 aromatic heterocycles. The van der Waals surface area contributed by atoms with Crippen LogP contribution in [0, 0.1) is 0 Å². The Morgan fingerprint density at radius 3 is 2.79 bits per heavy atom. The maximum atomic E-state index is 3.67. The molecule has 0 spiro atoms. The lowest BCUT2D eigenvalue weighted by Crippen LogP contribution is -2.39. The molecule has 0 aliphatic carbocycles. The molecule has 100 valence electrons. The van der Waals surface area contributed by atoms with Crippen molar-refractivity contribution in [1.29, 1.82) is 0 Å². The number of thioether (sulfide) groups is 1. The standard InChI is InChI=1S/C17H21NS/c1-4-18-16-14-10-9-12-7-5-6-8-13(12)15(14)11-19-17(16,2)3/h5-10,16,18H,4,11H2,1-3H3.